The molecule has 0 saturated heterocycles. The maximum absolute atomic E-state index is 12.4. The van der Waals surface area contributed by atoms with Crippen LogP contribution >= 0.6 is 0 Å². The summed E-state index contributed by atoms with van der Waals surface area (Å²) in [5.41, 5.74) is 6.28. The lowest BCUT2D eigenvalue weighted by molar-refractivity contribution is 0.146. The van der Waals surface area contributed by atoms with Crippen LogP contribution in [0.25, 0.3) is 0 Å². The van der Waals surface area contributed by atoms with Gasteiger partial charge in [0, 0.05) is 6.04 Å². The van der Waals surface area contributed by atoms with Crippen molar-refractivity contribution in [3.63, 3.8) is 0 Å². The number of nitrogens with two attached hydrogens (primary N) is 1. The highest BCUT2D eigenvalue weighted by molar-refractivity contribution is 7.92. The molecule has 1 saturated carbocycles. The minimum atomic E-state index is -3.08. The normalized spacial score (nSPS) is 30.7. The van der Waals surface area contributed by atoms with Crippen LogP contribution in [0.3, 0.4) is 0 Å². The summed E-state index contributed by atoms with van der Waals surface area (Å²) in [6.45, 7) is 10.2. The van der Waals surface area contributed by atoms with Gasteiger partial charge in [-0.2, -0.15) is 0 Å². The Morgan fingerprint density at radius 2 is 1.83 bits per heavy atom. The van der Waals surface area contributed by atoms with E-state index in [2.05, 4.69) is 20.8 Å². The molecule has 0 heterocycles. The fourth-order valence-corrected chi connectivity index (χ4v) is 4.70. The molecule has 0 spiro atoms. The molecule has 18 heavy (non-hydrogen) atoms. The molecule has 1 fully saturated rings. The second-order valence-electron chi connectivity index (χ2n) is 6.69. The van der Waals surface area contributed by atoms with Crippen molar-refractivity contribution >= 4 is 9.84 Å². The molecule has 0 bridgehead atoms. The van der Waals surface area contributed by atoms with Gasteiger partial charge in [0.25, 0.3) is 0 Å². The Hall–Kier alpha value is -0.0900. The molecule has 0 radical (unpaired) electrons. The third kappa shape index (κ3) is 3.08. The van der Waals surface area contributed by atoms with Crippen molar-refractivity contribution in [2.45, 2.75) is 76.8 Å². The van der Waals surface area contributed by atoms with Crippen molar-refractivity contribution in [3.8, 4) is 0 Å². The van der Waals surface area contributed by atoms with E-state index >= 15 is 0 Å². The lowest BCUT2D eigenvalue weighted by Gasteiger charge is -2.42. The van der Waals surface area contributed by atoms with Gasteiger partial charge in [0.1, 0.15) is 0 Å². The molecule has 0 amide bonds. The fraction of sp³-hybridized carbons (Fsp3) is 1.00. The van der Waals surface area contributed by atoms with Gasteiger partial charge in [0.05, 0.1) is 10.5 Å². The van der Waals surface area contributed by atoms with Gasteiger partial charge in [-0.15, -0.1) is 0 Å². The summed E-state index contributed by atoms with van der Waals surface area (Å²) in [5.74, 6) is 0.473. The van der Waals surface area contributed by atoms with Crippen LogP contribution in [0.1, 0.15) is 60.3 Å². The molecule has 0 aromatic carbocycles. The number of hydrogen-bond acceptors (Lipinski definition) is 3. The quantitative estimate of drug-likeness (QED) is 0.858. The first-order valence-corrected chi connectivity index (χ1v) is 8.72. The Morgan fingerprint density at radius 1 is 1.28 bits per heavy atom. The Bertz CT molecular complexity index is 373. The summed E-state index contributed by atoms with van der Waals surface area (Å²) >= 11 is 0. The van der Waals surface area contributed by atoms with Crippen LogP contribution in [0.2, 0.25) is 0 Å². The third-order valence-electron chi connectivity index (χ3n) is 4.94. The monoisotopic (exact) mass is 275 g/mol. The number of hydrogen-bond donors (Lipinski definition) is 1. The van der Waals surface area contributed by atoms with Crippen molar-refractivity contribution in [2.75, 3.05) is 0 Å². The standard InChI is InChI=1S/C14H29NO2S/c1-6-14(4,5)11-7-8-12(15)13(9-11)18(16,17)10(2)3/h10-13H,6-9,15H2,1-5H3. The smallest absolute Gasteiger partial charge is 0.157 e. The topological polar surface area (TPSA) is 60.2 Å². The van der Waals surface area contributed by atoms with Gasteiger partial charge in [0.15, 0.2) is 9.84 Å². The van der Waals surface area contributed by atoms with E-state index in [0.29, 0.717) is 5.92 Å². The Morgan fingerprint density at radius 3 is 2.28 bits per heavy atom. The molecule has 1 aliphatic rings. The van der Waals surface area contributed by atoms with E-state index in [1.165, 1.54) is 0 Å². The molecule has 4 heteroatoms. The van der Waals surface area contributed by atoms with Gasteiger partial charge in [-0.1, -0.05) is 27.2 Å². The zero-order valence-electron chi connectivity index (χ0n) is 12.4. The minimum Gasteiger partial charge on any atom is -0.327 e. The molecule has 3 nitrogen and oxygen atoms in total. The summed E-state index contributed by atoms with van der Waals surface area (Å²) in [6.07, 6.45) is 3.72. The molecular formula is C14H29NO2S. The zero-order chi connectivity index (χ0) is 14.1. The first-order chi connectivity index (χ1) is 8.13. The maximum Gasteiger partial charge on any atom is 0.157 e. The molecule has 2 N–H and O–H groups in total. The van der Waals surface area contributed by atoms with Crippen LogP contribution in [0.4, 0.5) is 0 Å². The SMILES string of the molecule is CCC(C)(C)C1CCC(N)C(S(=O)(=O)C(C)C)C1. The van der Waals surface area contributed by atoms with Gasteiger partial charge < -0.3 is 5.73 Å². The zero-order valence-corrected chi connectivity index (χ0v) is 13.3. The van der Waals surface area contributed by atoms with Gasteiger partial charge >= 0.3 is 0 Å². The second-order valence-corrected chi connectivity index (χ2v) is 9.42. The molecule has 0 aliphatic heterocycles. The van der Waals surface area contributed by atoms with Gasteiger partial charge in [-0.3, -0.25) is 0 Å². The predicted octanol–water partition coefficient (Wildman–Crippen LogP) is 2.74. The van der Waals surface area contributed by atoms with Crippen LogP contribution in [0, 0.1) is 11.3 Å². The van der Waals surface area contributed by atoms with Crippen molar-refractivity contribution in [1.29, 1.82) is 0 Å². The van der Waals surface area contributed by atoms with Crippen LogP contribution in [-0.4, -0.2) is 25.0 Å². The molecular weight excluding hydrogens is 246 g/mol. The Kier molecular flexibility index (Phi) is 4.87. The second kappa shape index (κ2) is 5.49. The largest absolute Gasteiger partial charge is 0.327 e. The molecule has 3 unspecified atom stereocenters. The van der Waals surface area contributed by atoms with E-state index in [1.54, 1.807) is 13.8 Å². The van der Waals surface area contributed by atoms with E-state index in [0.717, 1.165) is 25.7 Å². The van der Waals surface area contributed by atoms with Gasteiger partial charge in [-0.05, 0) is 44.4 Å². The lowest BCUT2D eigenvalue weighted by Crippen LogP contribution is -2.49. The van der Waals surface area contributed by atoms with Crippen LogP contribution < -0.4 is 5.73 Å². The lowest BCUT2D eigenvalue weighted by atomic mass is 9.69. The highest BCUT2D eigenvalue weighted by atomic mass is 32.2. The molecule has 0 aromatic rings. The Labute approximate surface area is 112 Å². The average Bonchev–Trinajstić information content (AvgIpc) is 2.28. The summed E-state index contributed by atoms with van der Waals surface area (Å²) in [4.78, 5) is 0. The van der Waals surface area contributed by atoms with E-state index in [1.807, 2.05) is 0 Å². The van der Waals surface area contributed by atoms with Crippen molar-refractivity contribution in [1.82, 2.24) is 0 Å². The predicted molar refractivity (Wildman–Crippen MR) is 77.2 cm³/mol. The van der Waals surface area contributed by atoms with Crippen LogP contribution in [0.15, 0.2) is 0 Å². The minimum absolute atomic E-state index is 0.179. The molecule has 108 valence electrons. The summed E-state index contributed by atoms with van der Waals surface area (Å²) in [5, 5.41) is -0.667. The van der Waals surface area contributed by atoms with Crippen molar-refractivity contribution in [3.05, 3.63) is 0 Å². The maximum atomic E-state index is 12.4. The van der Waals surface area contributed by atoms with Crippen LogP contribution in [0.5, 0.6) is 0 Å². The van der Waals surface area contributed by atoms with Crippen molar-refractivity contribution < 1.29 is 8.42 Å². The van der Waals surface area contributed by atoms with E-state index in [4.69, 9.17) is 5.73 Å². The third-order valence-corrected chi connectivity index (χ3v) is 7.64. The average molecular weight is 275 g/mol. The summed E-state index contributed by atoms with van der Waals surface area (Å²) in [7, 11) is -3.08. The van der Waals surface area contributed by atoms with Gasteiger partial charge in [0.2, 0.25) is 0 Å². The molecule has 1 aliphatic carbocycles. The highest BCUT2D eigenvalue weighted by Gasteiger charge is 2.42. The number of rotatable bonds is 4. The van der Waals surface area contributed by atoms with E-state index in [-0.39, 0.29) is 22.0 Å². The fourth-order valence-electron chi connectivity index (χ4n) is 2.88. The van der Waals surface area contributed by atoms with Gasteiger partial charge in [-0.25, -0.2) is 8.42 Å². The Balaban J connectivity index is 2.93. The van der Waals surface area contributed by atoms with E-state index in [9.17, 15) is 8.42 Å². The molecule has 3 atom stereocenters. The van der Waals surface area contributed by atoms with Crippen LogP contribution in [-0.2, 0) is 9.84 Å². The summed E-state index contributed by atoms with van der Waals surface area (Å²) in [6, 6.07) is -0.179. The molecule has 0 aromatic heterocycles. The van der Waals surface area contributed by atoms with E-state index < -0.39 is 9.84 Å². The highest BCUT2D eigenvalue weighted by Crippen LogP contribution is 2.42. The number of sulfone groups is 1. The summed E-state index contributed by atoms with van der Waals surface area (Å²) < 4.78 is 24.8. The molecule has 1 rings (SSSR count). The van der Waals surface area contributed by atoms with Crippen molar-refractivity contribution in [2.24, 2.45) is 17.1 Å². The first kappa shape index (κ1) is 16.0. The first-order valence-electron chi connectivity index (χ1n) is 7.11.